The lowest BCUT2D eigenvalue weighted by atomic mass is 9.87. The minimum atomic E-state index is -0.268. The second-order valence-electron chi connectivity index (χ2n) is 3.31. The van der Waals surface area contributed by atoms with Gasteiger partial charge in [0.25, 0.3) is 0 Å². The van der Waals surface area contributed by atoms with E-state index < -0.39 is 0 Å². The molecule has 0 aromatic carbocycles. The minimum Gasteiger partial charge on any atom is -0.393 e. The van der Waals surface area contributed by atoms with Crippen LogP contribution < -0.4 is 0 Å². The summed E-state index contributed by atoms with van der Waals surface area (Å²) in [4.78, 5) is 0. The fraction of sp³-hybridized carbons (Fsp3) is 0.778. The van der Waals surface area contributed by atoms with Gasteiger partial charge in [-0.15, -0.1) is 0 Å². The quantitative estimate of drug-likeness (QED) is 0.600. The van der Waals surface area contributed by atoms with Crippen molar-refractivity contribution in [2.45, 2.75) is 40.2 Å². The molecule has 10 heavy (non-hydrogen) atoms. The van der Waals surface area contributed by atoms with Crippen molar-refractivity contribution in [2.24, 2.45) is 5.41 Å². The van der Waals surface area contributed by atoms with Crippen molar-refractivity contribution in [3.8, 4) is 0 Å². The van der Waals surface area contributed by atoms with E-state index in [-0.39, 0.29) is 11.5 Å². The fourth-order valence-corrected chi connectivity index (χ4v) is 0.561. The van der Waals surface area contributed by atoms with Gasteiger partial charge in [-0.1, -0.05) is 32.9 Å². The summed E-state index contributed by atoms with van der Waals surface area (Å²) >= 11 is 0. The predicted molar refractivity (Wildman–Crippen MR) is 44.9 cm³/mol. The van der Waals surface area contributed by atoms with Crippen LogP contribution in [0.2, 0.25) is 0 Å². The standard InChI is InChI=1S/C9H18O/c1-5-6-7-9(3,4)8(2)10/h6-8,10H,5H2,1-4H3. The minimum absolute atomic E-state index is 0.0734. The van der Waals surface area contributed by atoms with Crippen molar-refractivity contribution >= 4 is 0 Å². The largest absolute Gasteiger partial charge is 0.393 e. The van der Waals surface area contributed by atoms with Crippen molar-refractivity contribution in [3.05, 3.63) is 12.2 Å². The molecular weight excluding hydrogens is 124 g/mol. The molecule has 0 aliphatic carbocycles. The third kappa shape index (κ3) is 3.02. The molecule has 1 unspecified atom stereocenters. The average Bonchev–Trinajstić information content (AvgIpc) is 1.84. The Morgan fingerprint density at radius 3 is 2.30 bits per heavy atom. The van der Waals surface area contributed by atoms with Crippen LogP contribution in [0.4, 0.5) is 0 Å². The Labute approximate surface area is 63.8 Å². The molecule has 0 aliphatic heterocycles. The van der Waals surface area contributed by atoms with Gasteiger partial charge in [0.2, 0.25) is 0 Å². The third-order valence-electron chi connectivity index (χ3n) is 1.86. The maximum atomic E-state index is 9.26. The molecule has 0 bridgehead atoms. The van der Waals surface area contributed by atoms with Gasteiger partial charge < -0.3 is 5.11 Å². The Morgan fingerprint density at radius 1 is 1.50 bits per heavy atom. The monoisotopic (exact) mass is 142 g/mol. The van der Waals surface area contributed by atoms with E-state index in [1.807, 2.05) is 20.8 Å². The number of allylic oxidation sites excluding steroid dienone is 1. The lowest BCUT2D eigenvalue weighted by molar-refractivity contribution is 0.0995. The van der Waals surface area contributed by atoms with Crippen molar-refractivity contribution in [1.29, 1.82) is 0 Å². The smallest absolute Gasteiger partial charge is 0.0597 e. The van der Waals surface area contributed by atoms with Crippen LogP contribution in [0.25, 0.3) is 0 Å². The second kappa shape index (κ2) is 3.77. The van der Waals surface area contributed by atoms with Crippen LogP contribution in [0.1, 0.15) is 34.1 Å². The van der Waals surface area contributed by atoms with Gasteiger partial charge in [-0.05, 0) is 13.3 Å². The zero-order valence-electron chi connectivity index (χ0n) is 7.39. The zero-order valence-corrected chi connectivity index (χ0v) is 7.39. The van der Waals surface area contributed by atoms with Crippen LogP contribution in [0, 0.1) is 5.41 Å². The zero-order chi connectivity index (χ0) is 8.20. The van der Waals surface area contributed by atoms with Gasteiger partial charge in [0.15, 0.2) is 0 Å². The molecule has 1 nitrogen and oxygen atoms in total. The predicted octanol–water partition coefficient (Wildman–Crippen LogP) is 2.36. The van der Waals surface area contributed by atoms with Crippen molar-refractivity contribution in [2.75, 3.05) is 0 Å². The normalized spacial score (nSPS) is 16.1. The van der Waals surface area contributed by atoms with Crippen LogP contribution in [-0.4, -0.2) is 11.2 Å². The Kier molecular flexibility index (Phi) is 3.66. The van der Waals surface area contributed by atoms with Crippen LogP contribution in [-0.2, 0) is 0 Å². The lowest BCUT2D eigenvalue weighted by Crippen LogP contribution is -2.23. The molecule has 0 radical (unpaired) electrons. The Bertz CT molecular complexity index is 112. The topological polar surface area (TPSA) is 20.2 Å². The van der Waals surface area contributed by atoms with E-state index in [1.165, 1.54) is 0 Å². The van der Waals surface area contributed by atoms with Gasteiger partial charge >= 0.3 is 0 Å². The summed E-state index contributed by atoms with van der Waals surface area (Å²) in [6.45, 7) is 7.97. The van der Waals surface area contributed by atoms with Crippen LogP contribution in [0.3, 0.4) is 0 Å². The van der Waals surface area contributed by atoms with Gasteiger partial charge in [-0.25, -0.2) is 0 Å². The number of hydrogen-bond acceptors (Lipinski definition) is 1. The van der Waals surface area contributed by atoms with E-state index >= 15 is 0 Å². The molecule has 0 saturated heterocycles. The second-order valence-corrected chi connectivity index (χ2v) is 3.31. The number of rotatable bonds is 3. The van der Waals surface area contributed by atoms with E-state index in [1.54, 1.807) is 0 Å². The highest BCUT2D eigenvalue weighted by atomic mass is 16.3. The maximum absolute atomic E-state index is 9.26. The molecule has 1 N–H and O–H groups in total. The summed E-state index contributed by atoms with van der Waals surface area (Å²) in [7, 11) is 0. The molecule has 0 saturated carbocycles. The number of hydrogen-bond donors (Lipinski definition) is 1. The Balaban J connectivity index is 3.98. The van der Waals surface area contributed by atoms with Crippen LogP contribution in [0.5, 0.6) is 0 Å². The van der Waals surface area contributed by atoms with Crippen molar-refractivity contribution in [1.82, 2.24) is 0 Å². The third-order valence-corrected chi connectivity index (χ3v) is 1.86. The molecule has 1 heteroatoms. The molecule has 1 atom stereocenters. The molecule has 0 aromatic heterocycles. The Morgan fingerprint density at radius 2 is 2.00 bits per heavy atom. The molecular formula is C9H18O. The lowest BCUT2D eigenvalue weighted by Gasteiger charge is -2.23. The van der Waals surface area contributed by atoms with Crippen molar-refractivity contribution < 1.29 is 5.11 Å². The van der Waals surface area contributed by atoms with E-state index in [2.05, 4.69) is 19.1 Å². The highest BCUT2D eigenvalue weighted by molar-refractivity contribution is 4.96. The van der Waals surface area contributed by atoms with Gasteiger partial charge in [0.1, 0.15) is 0 Å². The summed E-state index contributed by atoms with van der Waals surface area (Å²) < 4.78 is 0. The molecule has 0 rings (SSSR count). The highest BCUT2D eigenvalue weighted by Crippen LogP contribution is 2.21. The van der Waals surface area contributed by atoms with E-state index in [0.717, 1.165) is 6.42 Å². The average molecular weight is 142 g/mol. The first kappa shape index (κ1) is 9.70. The molecule has 0 fully saturated rings. The maximum Gasteiger partial charge on any atom is 0.0597 e. The van der Waals surface area contributed by atoms with E-state index in [0.29, 0.717) is 0 Å². The number of aliphatic hydroxyl groups excluding tert-OH is 1. The SMILES string of the molecule is CCC=CC(C)(C)C(C)O. The molecule has 0 amide bonds. The van der Waals surface area contributed by atoms with Gasteiger partial charge in [-0.2, -0.15) is 0 Å². The highest BCUT2D eigenvalue weighted by Gasteiger charge is 2.19. The fourth-order valence-electron chi connectivity index (χ4n) is 0.561. The van der Waals surface area contributed by atoms with Gasteiger partial charge in [0.05, 0.1) is 6.10 Å². The van der Waals surface area contributed by atoms with E-state index in [4.69, 9.17) is 0 Å². The Hall–Kier alpha value is -0.300. The summed E-state index contributed by atoms with van der Waals surface area (Å²) in [6, 6.07) is 0. The summed E-state index contributed by atoms with van der Waals surface area (Å²) in [5, 5.41) is 9.26. The first-order valence-corrected chi connectivity index (χ1v) is 3.86. The van der Waals surface area contributed by atoms with Gasteiger partial charge in [-0.3, -0.25) is 0 Å². The summed E-state index contributed by atoms with van der Waals surface area (Å²) in [6.07, 6.45) is 4.93. The number of aliphatic hydroxyl groups is 1. The molecule has 60 valence electrons. The molecule has 0 aliphatic rings. The molecule has 0 spiro atoms. The van der Waals surface area contributed by atoms with E-state index in [9.17, 15) is 5.11 Å². The first-order valence-electron chi connectivity index (χ1n) is 3.86. The summed E-state index contributed by atoms with van der Waals surface area (Å²) in [5.41, 5.74) is -0.0734. The first-order chi connectivity index (χ1) is 4.50. The van der Waals surface area contributed by atoms with Crippen LogP contribution in [0.15, 0.2) is 12.2 Å². The van der Waals surface area contributed by atoms with Gasteiger partial charge in [0, 0.05) is 5.41 Å². The van der Waals surface area contributed by atoms with Crippen LogP contribution >= 0.6 is 0 Å². The molecule has 0 aromatic rings. The molecule has 0 heterocycles. The van der Waals surface area contributed by atoms with Crippen molar-refractivity contribution in [3.63, 3.8) is 0 Å². The summed E-state index contributed by atoms with van der Waals surface area (Å²) in [5.74, 6) is 0.